The number of benzene rings is 1. The van der Waals surface area contributed by atoms with Crippen LogP contribution in [-0.4, -0.2) is 59.4 Å². The predicted molar refractivity (Wildman–Crippen MR) is 109 cm³/mol. The van der Waals surface area contributed by atoms with E-state index in [0.29, 0.717) is 32.6 Å². The van der Waals surface area contributed by atoms with Crippen LogP contribution in [0.5, 0.6) is 0 Å². The van der Waals surface area contributed by atoms with Gasteiger partial charge in [-0.05, 0) is 17.5 Å². The molecule has 0 atom stereocenters. The number of carbonyl (C=O) groups excluding carboxylic acids is 2. The van der Waals surface area contributed by atoms with E-state index in [9.17, 15) is 9.59 Å². The topological polar surface area (TPSA) is 68.8 Å². The van der Waals surface area contributed by atoms with Crippen LogP contribution in [0.4, 0.5) is 9.93 Å². The Hall–Kier alpha value is -2.61. The molecule has 7 nitrogen and oxygen atoms in total. The van der Waals surface area contributed by atoms with Crippen LogP contribution in [0.15, 0.2) is 35.8 Å². The molecule has 8 heteroatoms. The van der Waals surface area contributed by atoms with Gasteiger partial charge in [-0.2, -0.15) is 0 Å². The van der Waals surface area contributed by atoms with E-state index < -0.39 is 0 Å². The van der Waals surface area contributed by atoms with Gasteiger partial charge in [0.15, 0.2) is 5.13 Å². The average Bonchev–Trinajstić information content (AvgIpc) is 3.40. The van der Waals surface area contributed by atoms with E-state index in [1.165, 1.54) is 0 Å². The monoisotopic (exact) mass is 399 g/mol. The molecule has 2 fully saturated rings. The van der Waals surface area contributed by atoms with Crippen molar-refractivity contribution >= 4 is 28.4 Å². The second-order valence-electron chi connectivity index (χ2n) is 7.14. The summed E-state index contributed by atoms with van der Waals surface area (Å²) in [6.07, 6.45) is 3.39. The highest BCUT2D eigenvalue weighted by Gasteiger charge is 2.23. The molecule has 1 aromatic heterocycles. The van der Waals surface area contributed by atoms with Crippen molar-refractivity contribution < 1.29 is 9.59 Å². The number of likely N-dealkylation sites (tertiary alicyclic amines) is 1. The molecule has 0 aliphatic carbocycles. The fourth-order valence-electron chi connectivity index (χ4n) is 3.72. The SMILES string of the molecule is O=C1CCCN1Cc1ccccc1CNC(=O)N1CCN(c2nccs2)CC1. The van der Waals surface area contributed by atoms with Crippen LogP contribution in [0.2, 0.25) is 0 Å². The minimum absolute atomic E-state index is 0.0363. The minimum atomic E-state index is -0.0363. The van der Waals surface area contributed by atoms with Gasteiger partial charge in [-0.15, -0.1) is 11.3 Å². The molecule has 0 bridgehead atoms. The van der Waals surface area contributed by atoms with E-state index in [2.05, 4.69) is 15.2 Å². The van der Waals surface area contributed by atoms with Crippen molar-refractivity contribution in [2.24, 2.45) is 0 Å². The molecule has 3 amide bonds. The second-order valence-corrected chi connectivity index (χ2v) is 8.01. The number of hydrogen-bond acceptors (Lipinski definition) is 5. The van der Waals surface area contributed by atoms with Gasteiger partial charge in [0.1, 0.15) is 0 Å². The molecular formula is C20H25N5O2S. The molecular weight excluding hydrogens is 374 g/mol. The van der Waals surface area contributed by atoms with E-state index in [4.69, 9.17) is 0 Å². The van der Waals surface area contributed by atoms with Gasteiger partial charge in [0.05, 0.1) is 0 Å². The molecule has 0 unspecified atom stereocenters. The number of urea groups is 1. The molecule has 0 saturated carbocycles. The summed E-state index contributed by atoms with van der Waals surface area (Å²) in [5.74, 6) is 0.219. The standard InChI is InChI=1S/C20H25N5O2S/c26-18-6-3-8-25(18)15-17-5-2-1-4-16(17)14-22-19(27)23-9-11-24(12-10-23)20-21-7-13-28-20/h1-2,4-5,7,13H,3,6,8-12,14-15H2,(H,22,27). The van der Waals surface area contributed by atoms with Gasteiger partial charge in [0.25, 0.3) is 0 Å². The molecule has 2 saturated heterocycles. The fraction of sp³-hybridized carbons (Fsp3) is 0.450. The summed E-state index contributed by atoms with van der Waals surface area (Å²) >= 11 is 1.63. The van der Waals surface area contributed by atoms with E-state index in [1.54, 1.807) is 11.3 Å². The average molecular weight is 400 g/mol. The number of nitrogens with zero attached hydrogens (tertiary/aromatic N) is 4. The number of carbonyl (C=O) groups is 2. The van der Waals surface area contributed by atoms with E-state index >= 15 is 0 Å². The quantitative estimate of drug-likeness (QED) is 0.838. The molecule has 2 aliphatic rings. The van der Waals surface area contributed by atoms with Crippen LogP contribution in [0.25, 0.3) is 0 Å². The predicted octanol–water partition coefficient (Wildman–Crippen LogP) is 2.30. The van der Waals surface area contributed by atoms with Crippen molar-refractivity contribution in [3.8, 4) is 0 Å². The van der Waals surface area contributed by atoms with E-state index in [-0.39, 0.29) is 11.9 Å². The smallest absolute Gasteiger partial charge is 0.317 e. The third kappa shape index (κ3) is 4.27. The molecule has 0 spiro atoms. The first-order chi connectivity index (χ1) is 13.7. The zero-order valence-corrected chi connectivity index (χ0v) is 16.7. The van der Waals surface area contributed by atoms with Crippen molar-refractivity contribution in [2.75, 3.05) is 37.6 Å². The van der Waals surface area contributed by atoms with Crippen LogP contribution in [-0.2, 0) is 17.9 Å². The maximum absolute atomic E-state index is 12.6. The molecule has 148 valence electrons. The lowest BCUT2D eigenvalue weighted by atomic mass is 10.1. The van der Waals surface area contributed by atoms with Crippen LogP contribution in [0.3, 0.4) is 0 Å². The fourth-order valence-corrected chi connectivity index (χ4v) is 4.41. The van der Waals surface area contributed by atoms with Crippen LogP contribution < -0.4 is 10.2 Å². The van der Waals surface area contributed by atoms with Gasteiger partial charge in [0.2, 0.25) is 5.91 Å². The van der Waals surface area contributed by atoms with Crippen molar-refractivity contribution in [2.45, 2.75) is 25.9 Å². The van der Waals surface area contributed by atoms with Gasteiger partial charge in [0, 0.05) is 63.8 Å². The minimum Gasteiger partial charge on any atom is -0.345 e. The summed E-state index contributed by atoms with van der Waals surface area (Å²) < 4.78 is 0. The summed E-state index contributed by atoms with van der Waals surface area (Å²) in [5.41, 5.74) is 2.17. The Morgan fingerprint density at radius 3 is 2.57 bits per heavy atom. The number of nitrogens with one attached hydrogen (secondary N) is 1. The van der Waals surface area contributed by atoms with Crippen molar-refractivity contribution in [1.82, 2.24) is 20.1 Å². The normalized spacial score (nSPS) is 17.3. The number of aromatic nitrogens is 1. The first kappa shape index (κ1) is 18.7. The Kier molecular flexibility index (Phi) is 5.76. The maximum Gasteiger partial charge on any atom is 0.317 e. The molecule has 4 rings (SSSR count). The summed E-state index contributed by atoms with van der Waals surface area (Å²) in [5, 5.41) is 6.04. The van der Waals surface area contributed by atoms with Crippen molar-refractivity contribution in [3.05, 3.63) is 47.0 Å². The Labute approximate surface area is 169 Å². The highest BCUT2D eigenvalue weighted by molar-refractivity contribution is 7.13. The highest BCUT2D eigenvalue weighted by atomic mass is 32.1. The summed E-state index contributed by atoms with van der Waals surface area (Å²) in [6.45, 7) is 4.90. The van der Waals surface area contributed by atoms with Crippen LogP contribution in [0, 0.1) is 0 Å². The van der Waals surface area contributed by atoms with Gasteiger partial charge in [-0.25, -0.2) is 9.78 Å². The molecule has 3 heterocycles. The zero-order chi connectivity index (χ0) is 19.3. The zero-order valence-electron chi connectivity index (χ0n) is 15.8. The number of piperazine rings is 1. The Bertz CT molecular complexity index is 818. The third-order valence-corrected chi connectivity index (χ3v) is 6.17. The summed E-state index contributed by atoms with van der Waals surface area (Å²) in [6, 6.07) is 7.99. The molecule has 1 aromatic carbocycles. The van der Waals surface area contributed by atoms with Gasteiger partial charge in [-0.1, -0.05) is 24.3 Å². The number of thiazole rings is 1. The number of rotatable bonds is 5. The summed E-state index contributed by atoms with van der Waals surface area (Å²) in [7, 11) is 0. The van der Waals surface area contributed by atoms with Gasteiger partial charge >= 0.3 is 6.03 Å². The van der Waals surface area contributed by atoms with Crippen LogP contribution >= 0.6 is 11.3 Å². The molecule has 2 aromatic rings. The van der Waals surface area contributed by atoms with Gasteiger partial charge in [-0.3, -0.25) is 4.79 Å². The lowest BCUT2D eigenvalue weighted by molar-refractivity contribution is -0.128. The van der Waals surface area contributed by atoms with Crippen molar-refractivity contribution in [3.63, 3.8) is 0 Å². The lowest BCUT2D eigenvalue weighted by Gasteiger charge is -2.34. The Morgan fingerprint density at radius 2 is 1.89 bits per heavy atom. The van der Waals surface area contributed by atoms with Crippen LogP contribution in [0.1, 0.15) is 24.0 Å². The second kappa shape index (κ2) is 8.60. The molecule has 1 N–H and O–H groups in total. The number of amides is 3. The Balaban J connectivity index is 1.30. The molecule has 2 aliphatic heterocycles. The lowest BCUT2D eigenvalue weighted by Crippen LogP contribution is -2.51. The number of anilines is 1. The number of hydrogen-bond donors (Lipinski definition) is 1. The van der Waals surface area contributed by atoms with Gasteiger partial charge < -0.3 is 20.0 Å². The van der Waals surface area contributed by atoms with E-state index in [1.807, 2.05) is 45.6 Å². The first-order valence-corrected chi connectivity index (χ1v) is 10.6. The highest BCUT2D eigenvalue weighted by Crippen LogP contribution is 2.19. The molecule has 0 radical (unpaired) electrons. The maximum atomic E-state index is 12.6. The van der Waals surface area contributed by atoms with Crippen molar-refractivity contribution in [1.29, 1.82) is 0 Å². The summed E-state index contributed by atoms with van der Waals surface area (Å²) in [4.78, 5) is 34.8. The van der Waals surface area contributed by atoms with E-state index in [0.717, 1.165) is 42.3 Å². The molecule has 28 heavy (non-hydrogen) atoms. The largest absolute Gasteiger partial charge is 0.345 e. The Morgan fingerprint density at radius 1 is 1.11 bits per heavy atom. The first-order valence-electron chi connectivity index (χ1n) is 9.72. The third-order valence-electron chi connectivity index (χ3n) is 5.34.